The molecule has 0 saturated carbocycles. The van der Waals surface area contributed by atoms with E-state index in [1.54, 1.807) is 11.3 Å². The van der Waals surface area contributed by atoms with Crippen molar-refractivity contribution in [3.05, 3.63) is 132 Å². The molecule has 3 aromatic heterocycles. The van der Waals surface area contributed by atoms with E-state index < -0.39 is 0 Å². The summed E-state index contributed by atoms with van der Waals surface area (Å²) in [5.41, 5.74) is 9.09. The number of aryl methyl sites for hydroxylation is 2. The zero-order valence-electron chi connectivity index (χ0n) is 23.6. The Morgan fingerprint density at radius 1 is 0.581 bits per heavy atom. The van der Waals surface area contributed by atoms with Crippen LogP contribution in [-0.4, -0.2) is 4.57 Å². The quantitative estimate of drug-likeness (QED) is 0.179. The van der Waals surface area contributed by atoms with Crippen molar-refractivity contribution in [3.63, 3.8) is 0 Å². The maximum Gasteiger partial charge on any atom is 0.205 e. The van der Waals surface area contributed by atoms with Gasteiger partial charge in [-0.1, -0.05) is 65.7 Å². The van der Waals surface area contributed by atoms with E-state index in [2.05, 4.69) is 132 Å². The Hall–Kier alpha value is -4.95. The van der Waals surface area contributed by atoms with Crippen LogP contribution in [0.15, 0.2) is 109 Å². The van der Waals surface area contributed by atoms with Gasteiger partial charge in [0.2, 0.25) is 5.69 Å². The highest BCUT2D eigenvalue weighted by Gasteiger charge is 2.19. The molecule has 9 rings (SSSR count). The van der Waals surface area contributed by atoms with Gasteiger partial charge in [0.05, 0.1) is 28.0 Å². The molecule has 202 valence electrons. The normalized spacial score (nSPS) is 11.9. The number of aromatic nitrogens is 1. The highest BCUT2D eigenvalue weighted by molar-refractivity contribution is 7.27. The topological polar surface area (TPSA) is 9.29 Å². The van der Waals surface area contributed by atoms with Gasteiger partial charge in [-0.05, 0) is 85.0 Å². The minimum absolute atomic E-state index is 0.713. The molecule has 0 aliphatic rings. The number of nitrogens with zero attached hydrogens (tertiary/aromatic N) is 2. The molecule has 0 fully saturated rings. The van der Waals surface area contributed by atoms with Crippen LogP contribution < -0.4 is 0 Å². The molecule has 0 unspecified atom stereocenters. The molecular weight excluding hydrogens is 561 g/mol. The molecule has 4 heteroatoms. The molecular formula is C39H24N2S2. The maximum absolute atomic E-state index is 8.20. The van der Waals surface area contributed by atoms with Crippen LogP contribution in [0.3, 0.4) is 0 Å². The number of hydrogen-bond acceptors (Lipinski definition) is 2. The summed E-state index contributed by atoms with van der Waals surface area (Å²) in [6, 6.07) is 39.7. The van der Waals surface area contributed by atoms with Gasteiger partial charge < -0.3 is 4.57 Å². The highest BCUT2D eigenvalue weighted by atomic mass is 32.1. The van der Waals surface area contributed by atoms with Gasteiger partial charge in [0.1, 0.15) is 0 Å². The van der Waals surface area contributed by atoms with Crippen LogP contribution in [0.2, 0.25) is 0 Å². The Bertz CT molecular complexity index is 2600. The van der Waals surface area contributed by atoms with Crippen LogP contribution in [0, 0.1) is 20.4 Å². The van der Waals surface area contributed by atoms with E-state index in [-0.39, 0.29) is 0 Å². The fourth-order valence-electron chi connectivity index (χ4n) is 6.81. The van der Waals surface area contributed by atoms with Gasteiger partial charge in [0.25, 0.3) is 0 Å². The Morgan fingerprint density at radius 2 is 1.28 bits per heavy atom. The zero-order valence-corrected chi connectivity index (χ0v) is 25.2. The van der Waals surface area contributed by atoms with Gasteiger partial charge in [0, 0.05) is 41.0 Å². The second-order valence-electron chi connectivity index (χ2n) is 11.4. The third-order valence-corrected chi connectivity index (χ3v) is 11.1. The van der Waals surface area contributed by atoms with Crippen LogP contribution in [-0.2, 0) is 0 Å². The summed E-state index contributed by atoms with van der Waals surface area (Å²) in [6.45, 7) is 12.5. The van der Waals surface area contributed by atoms with Crippen LogP contribution in [0.25, 0.3) is 83.8 Å². The fraction of sp³-hybridized carbons (Fsp3) is 0.0513. The number of hydrogen-bond donors (Lipinski definition) is 0. The van der Waals surface area contributed by atoms with Crippen LogP contribution in [0.5, 0.6) is 0 Å². The summed E-state index contributed by atoms with van der Waals surface area (Å²) in [4.78, 5) is 4.08. The minimum Gasteiger partial charge on any atom is -0.308 e. The molecule has 0 spiro atoms. The summed E-state index contributed by atoms with van der Waals surface area (Å²) in [6.07, 6.45) is 0. The van der Waals surface area contributed by atoms with Crippen LogP contribution >= 0.6 is 22.7 Å². The van der Waals surface area contributed by atoms with E-state index in [1.807, 2.05) is 11.3 Å². The van der Waals surface area contributed by atoms with E-state index in [1.165, 1.54) is 68.8 Å². The Labute approximate surface area is 256 Å². The second kappa shape index (κ2) is 9.02. The van der Waals surface area contributed by atoms with Crippen molar-refractivity contribution in [3.8, 4) is 16.8 Å². The first kappa shape index (κ1) is 24.6. The summed E-state index contributed by atoms with van der Waals surface area (Å²) in [5.74, 6) is 0. The largest absolute Gasteiger partial charge is 0.308 e. The lowest BCUT2D eigenvalue weighted by molar-refractivity contribution is 1.20. The molecule has 0 bridgehead atoms. The molecule has 2 nitrogen and oxygen atoms in total. The van der Waals surface area contributed by atoms with Crippen molar-refractivity contribution < 1.29 is 0 Å². The molecule has 0 aliphatic carbocycles. The summed E-state index contributed by atoms with van der Waals surface area (Å²) < 4.78 is 7.24. The summed E-state index contributed by atoms with van der Waals surface area (Å²) in [5, 5.41) is 7.44. The Kier molecular flexibility index (Phi) is 5.17. The van der Waals surface area contributed by atoms with E-state index in [0.717, 1.165) is 21.3 Å². The van der Waals surface area contributed by atoms with Gasteiger partial charge in [-0.25, -0.2) is 4.85 Å². The van der Waals surface area contributed by atoms with Crippen molar-refractivity contribution in [1.82, 2.24) is 4.57 Å². The Morgan fingerprint density at radius 3 is 2.05 bits per heavy atom. The SMILES string of the molecule is [C-]#[N+]c1cc(-c2cccc3sc4ccccc4c23)cc2c1sc1c(-n3c4ccc(C)cc4c4cc(C)ccc43)cccc12. The molecule has 43 heavy (non-hydrogen) atoms. The van der Waals surface area contributed by atoms with E-state index in [4.69, 9.17) is 6.57 Å². The summed E-state index contributed by atoms with van der Waals surface area (Å²) >= 11 is 3.57. The van der Waals surface area contributed by atoms with Gasteiger partial charge in [-0.3, -0.25) is 0 Å². The van der Waals surface area contributed by atoms with E-state index >= 15 is 0 Å². The highest BCUT2D eigenvalue weighted by Crippen LogP contribution is 2.47. The number of thiophene rings is 2. The van der Waals surface area contributed by atoms with Crippen molar-refractivity contribution in [2.75, 3.05) is 0 Å². The predicted molar refractivity (Wildman–Crippen MR) is 188 cm³/mol. The van der Waals surface area contributed by atoms with Crippen molar-refractivity contribution >= 4 is 90.5 Å². The molecule has 0 atom stereocenters. The van der Waals surface area contributed by atoms with Gasteiger partial charge in [-0.15, -0.1) is 22.7 Å². The molecule has 0 radical (unpaired) electrons. The number of fused-ring (bicyclic) bond motifs is 9. The number of rotatable bonds is 2. The monoisotopic (exact) mass is 584 g/mol. The van der Waals surface area contributed by atoms with Crippen molar-refractivity contribution in [2.45, 2.75) is 13.8 Å². The average Bonchev–Trinajstić information content (AvgIpc) is 3.70. The standard InChI is InChI=1S/C39H24N2S2/c1-22-14-16-32-28(18-22)29-19-23(2)15-17-33(29)41(32)34-11-6-10-26-30-20-24(21-31(40-3)38(30)43-39(26)34)25-9-7-13-36-37(25)27-8-4-5-12-35(27)42-36/h4-21H,1-2H3. The van der Waals surface area contributed by atoms with E-state index in [9.17, 15) is 0 Å². The molecule has 6 aromatic carbocycles. The molecule has 0 amide bonds. The maximum atomic E-state index is 8.20. The smallest absolute Gasteiger partial charge is 0.205 e. The van der Waals surface area contributed by atoms with E-state index in [0.29, 0.717) is 5.69 Å². The van der Waals surface area contributed by atoms with Gasteiger partial charge >= 0.3 is 0 Å². The third-order valence-electron chi connectivity index (χ3n) is 8.71. The summed E-state index contributed by atoms with van der Waals surface area (Å²) in [7, 11) is 0. The molecule has 9 aromatic rings. The fourth-order valence-corrected chi connectivity index (χ4v) is 9.18. The average molecular weight is 585 g/mol. The third kappa shape index (κ3) is 3.50. The predicted octanol–water partition coefficient (Wildman–Crippen LogP) is 12.4. The first-order chi connectivity index (χ1) is 21.1. The van der Waals surface area contributed by atoms with Crippen LogP contribution in [0.1, 0.15) is 11.1 Å². The lowest BCUT2D eigenvalue weighted by Gasteiger charge is -2.10. The first-order valence-electron chi connectivity index (χ1n) is 14.4. The minimum atomic E-state index is 0.713. The van der Waals surface area contributed by atoms with Crippen LogP contribution in [0.4, 0.5) is 5.69 Å². The molecule has 0 aliphatic heterocycles. The van der Waals surface area contributed by atoms with Crippen molar-refractivity contribution in [1.29, 1.82) is 0 Å². The van der Waals surface area contributed by atoms with Crippen molar-refractivity contribution in [2.24, 2.45) is 0 Å². The Balaban J connectivity index is 1.36. The molecule has 3 heterocycles. The second-order valence-corrected chi connectivity index (χ2v) is 13.5. The number of benzene rings is 6. The van der Waals surface area contributed by atoms with Gasteiger partial charge in [-0.2, -0.15) is 0 Å². The lowest BCUT2D eigenvalue weighted by Crippen LogP contribution is -1.94. The van der Waals surface area contributed by atoms with Gasteiger partial charge in [0.15, 0.2) is 0 Å². The first-order valence-corrected chi connectivity index (χ1v) is 16.0. The molecule has 0 saturated heterocycles. The molecule has 0 N–H and O–H groups in total. The lowest BCUT2D eigenvalue weighted by atomic mass is 9.97. The zero-order chi connectivity index (χ0) is 28.8.